The first-order valence-corrected chi connectivity index (χ1v) is 14.5. The molecule has 3 atom stereocenters. The number of ether oxygens (including phenoxy) is 2. The van der Waals surface area contributed by atoms with E-state index in [1.165, 1.54) is 0 Å². The molecule has 2 unspecified atom stereocenters. The Kier molecular flexibility index (Phi) is 9.97. The highest BCUT2D eigenvalue weighted by Gasteiger charge is 2.52. The number of oxime groups is 1. The molecular weight excluding hydrogens is 586 g/mol. The van der Waals surface area contributed by atoms with Crippen LogP contribution in [-0.4, -0.2) is 96.1 Å². The minimum Gasteiger partial charge on any atom is -0.480 e. The maximum absolute atomic E-state index is 13.2. The molecular formula is C30H35N7O8. The number of aliphatic carboxylic acids is 1. The van der Waals surface area contributed by atoms with Crippen molar-refractivity contribution in [2.24, 2.45) is 10.1 Å². The number of carbonyl (C=O) groups excluding carboxylic acids is 3. The van der Waals surface area contributed by atoms with Gasteiger partial charge in [0.1, 0.15) is 25.0 Å². The number of hydrogen-bond acceptors (Lipinski definition) is 11. The summed E-state index contributed by atoms with van der Waals surface area (Å²) in [6.45, 7) is 1.51. The largest absolute Gasteiger partial charge is 0.480 e. The molecule has 0 bridgehead atoms. The fourth-order valence-corrected chi connectivity index (χ4v) is 5.21. The molecule has 0 saturated carbocycles. The number of hydrogen-bond donors (Lipinski definition) is 5. The Bertz CT molecular complexity index is 1440. The van der Waals surface area contributed by atoms with Crippen molar-refractivity contribution in [1.82, 2.24) is 26.2 Å². The standard InChI is InChI=1S/C30H35N7O8/c38-25(33-16-24(26(39)40)35-28(41)43-17-20-7-3-1-4-8-20)23-14-30(45-36-23)13-22(15-34-27-31-11-12-32-27)37(19-30)29(42)44-18-21-9-5-2-6-10-21/h1-10,22,24H,11-19H2,(H,33,38)(H,35,41)(H,39,40)(H2,31,32,34)/t22?,24-,30?/m0/s1. The molecule has 0 radical (unpaired) electrons. The molecule has 1 saturated heterocycles. The lowest BCUT2D eigenvalue weighted by Crippen LogP contribution is -2.49. The van der Waals surface area contributed by atoms with E-state index in [1.54, 1.807) is 29.2 Å². The summed E-state index contributed by atoms with van der Waals surface area (Å²) in [4.78, 5) is 61.7. The molecule has 5 N–H and O–H groups in total. The van der Waals surface area contributed by atoms with Crippen molar-refractivity contribution in [2.45, 2.75) is 43.7 Å². The summed E-state index contributed by atoms with van der Waals surface area (Å²) in [6.07, 6.45) is -1.02. The van der Waals surface area contributed by atoms with Crippen molar-refractivity contribution < 1.29 is 38.6 Å². The van der Waals surface area contributed by atoms with Crippen LogP contribution >= 0.6 is 0 Å². The highest BCUT2D eigenvalue weighted by atomic mass is 16.7. The third kappa shape index (κ3) is 8.40. The third-order valence-electron chi connectivity index (χ3n) is 7.50. The number of rotatable bonds is 11. The van der Waals surface area contributed by atoms with E-state index in [0.717, 1.165) is 17.7 Å². The van der Waals surface area contributed by atoms with Crippen LogP contribution in [0.4, 0.5) is 9.59 Å². The SMILES string of the molecule is O=C(N[C@@H](CNC(=O)C1=NOC2(C1)CC(CNC1=NCCN1)N(C(=O)OCc1ccccc1)C2)C(=O)O)OCc1ccccc1. The van der Waals surface area contributed by atoms with Gasteiger partial charge in [-0.25, -0.2) is 14.4 Å². The quantitative estimate of drug-likeness (QED) is 0.241. The van der Waals surface area contributed by atoms with E-state index in [2.05, 4.69) is 31.4 Å². The van der Waals surface area contributed by atoms with Gasteiger partial charge in [-0.15, -0.1) is 0 Å². The number of carbonyl (C=O) groups is 4. The van der Waals surface area contributed by atoms with Gasteiger partial charge in [0.2, 0.25) is 0 Å². The topological polar surface area (TPSA) is 192 Å². The average Bonchev–Trinajstić information content (AvgIpc) is 3.81. The summed E-state index contributed by atoms with van der Waals surface area (Å²) in [5.74, 6) is -1.37. The summed E-state index contributed by atoms with van der Waals surface area (Å²) < 4.78 is 10.7. The number of nitrogens with zero attached hydrogens (tertiary/aromatic N) is 3. The maximum Gasteiger partial charge on any atom is 0.410 e. The van der Waals surface area contributed by atoms with Crippen molar-refractivity contribution >= 4 is 35.7 Å². The van der Waals surface area contributed by atoms with Gasteiger partial charge in [-0.05, 0) is 11.1 Å². The zero-order chi connectivity index (χ0) is 31.6. The van der Waals surface area contributed by atoms with Crippen LogP contribution < -0.4 is 21.3 Å². The van der Waals surface area contributed by atoms with Gasteiger partial charge in [0.05, 0.1) is 19.1 Å². The highest BCUT2D eigenvalue weighted by Crippen LogP contribution is 2.37. The van der Waals surface area contributed by atoms with Gasteiger partial charge in [0.15, 0.2) is 11.6 Å². The van der Waals surface area contributed by atoms with Crippen LogP contribution in [0.2, 0.25) is 0 Å². The highest BCUT2D eigenvalue weighted by molar-refractivity contribution is 6.39. The van der Waals surface area contributed by atoms with Crippen molar-refractivity contribution in [3.8, 4) is 0 Å². The molecule has 2 aromatic rings. The molecule has 15 heteroatoms. The van der Waals surface area contributed by atoms with Crippen LogP contribution in [0, 0.1) is 0 Å². The third-order valence-corrected chi connectivity index (χ3v) is 7.50. The molecule has 238 valence electrons. The molecule has 3 aliphatic heterocycles. The monoisotopic (exact) mass is 621 g/mol. The van der Waals surface area contributed by atoms with Crippen molar-refractivity contribution in [2.75, 3.05) is 32.7 Å². The molecule has 1 spiro atoms. The van der Waals surface area contributed by atoms with Crippen LogP contribution in [0.1, 0.15) is 24.0 Å². The first kappa shape index (κ1) is 31.1. The number of nitrogens with one attached hydrogen (secondary N) is 4. The first-order chi connectivity index (χ1) is 21.8. The van der Waals surface area contributed by atoms with Gasteiger partial charge < -0.3 is 40.7 Å². The summed E-state index contributed by atoms with van der Waals surface area (Å²) in [5.41, 5.74) is 0.648. The summed E-state index contributed by atoms with van der Waals surface area (Å²) >= 11 is 0. The Morgan fingerprint density at radius 3 is 2.38 bits per heavy atom. The van der Waals surface area contributed by atoms with E-state index in [1.807, 2.05) is 36.4 Å². The smallest absolute Gasteiger partial charge is 0.410 e. The second-order valence-electron chi connectivity index (χ2n) is 10.9. The lowest BCUT2D eigenvalue weighted by molar-refractivity contribution is -0.139. The zero-order valence-corrected chi connectivity index (χ0v) is 24.4. The van der Waals surface area contributed by atoms with E-state index in [4.69, 9.17) is 14.3 Å². The Labute approximate surface area is 259 Å². The second-order valence-corrected chi connectivity index (χ2v) is 10.9. The number of aliphatic imine (C=N–C) groups is 1. The molecule has 3 amide bonds. The predicted molar refractivity (Wildman–Crippen MR) is 160 cm³/mol. The van der Waals surface area contributed by atoms with Crippen LogP contribution in [0.5, 0.6) is 0 Å². The number of alkyl carbamates (subject to hydrolysis) is 1. The maximum atomic E-state index is 13.2. The first-order valence-electron chi connectivity index (χ1n) is 14.5. The number of benzene rings is 2. The lowest BCUT2D eigenvalue weighted by atomic mass is 9.94. The van der Waals surface area contributed by atoms with Crippen LogP contribution in [-0.2, 0) is 37.1 Å². The number of amides is 3. The van der Waals surface area contributed by atoms with Gasteiger partial charge in [-0.3, -0.25) is 14.7 Å². The van der Waals surface area contributed by atoms with Crippen LogP contribution in [0.3, 0.4) is 0 Å². The van der Waals surface area contributed by atoms with Gasteiger partial charge in [-0.1, -0.05) is 65.8 Å². The Hall–Kier alpha value is -5.34. The molecule has 15 nitrogen and oxygen atoms in total. The zero-order valence-electron chi connectivity index (χ0n) is 24.4. The second kappa shape index (κ2) is 14.4. The lowest BCUT2D eigenvalue weighted by Gasteiger charge is -2.24. The number of carboxylic acids is 1. The minimum atomic E-state index is -1.45. The summed E-state index contributed by atoms with van der Waals surface area (Å²) in [5, 5.41) is 24.6. The van der Waals surface area contributed by atoms with Crippen molar-refractivity contribution in [3.63, 3.8) is 0 Å². The van der Waals surface area contributed by atoms with E-state index >= 15 is 0 Å². The fourth-order valence-electron chi connectivity index (χ4n) is 5.21. The molecule has 45 heavy (non-hydrogen) atoms. The van der Waals surface area contributed by atoms with E-state index in [-0.39, 0.29) is 37.9 Å². The Morgan fingerprint density at radius 2 is 1.73 bits per heavy atom. The molecule has 0 aliphatic carbocycles. The van der Waals surface area contributed by atoms with E-state index in [9.17, 15) is 24.3 Å². The molecule has 3 aliphatic rings. The fraction of sp³-hybridized carbons (Fsp3) is 0.400. The normalized spacial score (nSPS) is 20.7. The molecule has 1 fully saturated rings. The van der Waals surface area contributed by atoms with E-state index in [0.29, 0.717) is 25.5 Å². The predicted octanol–water partition coefficient (Wildman–Crippen LogP) is 0.957. The van der Waals surface area contributed by atoms with Gasteiger partial charge >= 0.3 is 18.2 Å². The van der Waals surface area contributed by atoms with Crippen molar-refractivity contribution in [3.05, 3.63) is 71.8 Å². The number of carboxylic acid groups (broad SMARTS) is 1. The van der Waals surface area contributed by atoms with Gasteiger partial charge in [0.25, 0.3) is 5.91 Å². The molecule has 2 aromatic carbocycles. The van der Waals surface area contributed by atoms with Crippen molar-refractivity contribution in [1.29, 1.82) is 0 Å². The summed E-state index contributed by atoms with van der Waals surface area (Å²) in [7, 11) is 0. The minimum absolute atomic E-state index is 0.0406. The number of guanidine groups is 1. The Balaban J connectivity index is 1.14. The van der Waals surface area contributed by atoms with E-state index < -0.39 is 42.3 Å². The average molecular weight is 622 g/mol. The number of likely N-dealkylation sites (tertiary alicyclic amines) is 1. The Morgan fingerprint density at radius 1 is 1.04 bits per heavy atom. The molecule has 0 aromatic heterocycles. The molecule has 3 heterocycles. The van der Waals surface area contributed by atoms with Gasteiger partial charge in [0, 0.05) is 32.5 Å². The van der Waals surface area contributed by atoms with Crippen LogP contribution in [0.15, 0.2) is 70.8 Å². The molecule has 5 rings (SSSR count). The van der Waals surface area contributed by atoms with Crippen LogP contribution in [0.25, 0.3) is 0 Å². The van der Waals surface area contributed by atoms with Gasteiger partial charge in [-0.2, -0.15) is 0 Å². The summed E-state index contributed by atoms with van der Waals surface area (Å²) in [6, 6.07) is 16.4.